The number of carbonyl (C=O) groups is 1. The van der Waals surface area contributed by atoms with E-state index >= 15 is 0 Å². The van der Waals surface area contributed by atoms with Crippen LogP contribution in [0.3, 0.4) is 0 Å². The number of hydrogen-bond acceptors (Lipinski definition) is 3. The van der Waals surface area contributed by atoms with Gasteiger partial charge in [0.15, 0.2) is 5.69 Å². The van der Waals surface area contributed by atoms with Gasteiger partial charge in [-0.3, -0.25) is 9.36 Å². The molecule has 0 saturated heterocycles. The second-order valence-electron chi connectivity index (χ2n) is 7.75. The lowest BCUT2D eigenvalue weighted by atomic mass is 10.1. The average Bonchev–Trinajstić information content (AvgIpc) is 2.84. The van der Waals surface area contributed by atoms with Crippen molar-refractivity contribution in [3.05, 3.63) is 94.4 Å². The highest BCUT2D eigenvalue weighted by Crippen LogP contribution is 2.25. The molecule has 2 amide bonds. The largest absolute Gasteiger partial charge is 0.322 e. The van der Waals surface area contributed by atoms with Gasteiger partial charge in [-0.05, 0) is 43.3 Å². The van der Waals surface area contributed by atoms with E-state index in [1.54, 1.807) is 74.7 Å². The van der Waals surface area contributed by atoms with E-state index in [4.69, 9.17) is 11.6 Å². The van der Waals surface area contributed by atoms with Crippen molar-refractivity contribution in [3.63, 3.8) is 0 Å². The van der Waals surface area contributed by atoms with E-state index in [-0.39, 0.29) is 12.0 Å². The normalized spacial score (nSPS) is 16.1. The first kappa shape index (κ1) is 22.0. The minimum atomic E-state index is -1.10. The molecule has 0 aliphatic heterocycles. The fraction of sp³-hybridized carbons (Fsp3) is 0.200. The lowest BCUT2D eigenvalue weighted by Crippen LogP contribution is -2.37. The van der Waals surface area contributed by atoms with Crippen LogP contribution in [0.2, 0.25) is 0 Å². The zero-order valence-electron chi connectivity index (χ0n) is 18.2. The molecule has 0 radical (unpaired) electrons. The molecule has 8 heteroatoms. The Labute approximate surface area is 190 Å². The summed E-state index contributed by atoms with van der Waals surface area (Å²) in [5, 5.41) is 3.21. The zero-order chi connectivity index (χ0) is 23.5. The van der Waals surface area contributed by atoms with Gasteiger partial charge in [-0.25, -0.2) is 19.0 Å². The molecule has 33 heavy (non-hydrogen) atoms. The molecule has 0 saturated carbocycles. The third-order valence-electron chi connectivity index (χ3n) is 5.59. The predicted molar refractivity (Wildman–Crippen MR) is 127 cm³/mol. The minimum Gasteiger partial charge on any atom is -0.318 e. The molecule has 1 aliphatic rings. The number of alkyl halides is 1. The smallest absolute Gasteiger partial charge is 0.318 e. The summed E-state index contributed by atoms with van der Waals surface area (Å²) in [5.41, 5.74) is 1.66. The summed E-state index contributed by atoms with van der Waals surface area (Å²) >= 11 is 0. The molecule has 1 aliphatic carbocycles. The number of aromatic nitrogens is 2. The highest BCUT2D eigenvalue weighted by molar-refractivity contribution is 5.90. The van der Waals surface area contributed by atoms with Crippen molar-refractivity contribution >= 4 is 34.0 Å². The second-order valence-corrected chi connectivity index (χ2v) is 7.75. The van der Waals surface area contributed by atoms with Gasteiger partial charge in [0.2, 0.25) is 0 Å². The van der Waals surface area contributed by atoms with Crippen molar-refractivity contribution in [2.75, 3.05) is 12.4 Å². The van der Waals surface area contributed by atoms with E-state index in [1.807, 2.05) is 0 Å². The highest BCUT2D eigenvalue weighted by Gasteiger charge is 2.25. The number of para-hydroxylation sites is 1. The quantitative estimate of drug-likeness (QED) is 0.556. The second kappa shape index (κ2) is 9.09. The highest BCUT2D eigenvalue weighted by atomic mass is 19.1. The van der Waals surface area contributed by atoms with Gasteiger partial charge in [-0.2, -0.15) is 0 Å². The summed E-state index contributed by atoms with van der Waals surface area (Å²) in [4.78, 5) is 35.9. The number of rotatable bonds is 4. The Bertz CT molecular complexity index is 1390. The minimum absolute atomic E-state index is 0.159. The fourth-order valence-electron chi connectivity index (χ4n) is 3.64. The predicted octanol–water partition coefficient (Wildman–Crippen LogP) is 5.31. The van der Waals surface area contributed by atoms with Gasteiger partial charge in [-0.1, -0.05) is 30.3 Å². The van der Waals surface area contributed by atoms with Gasteiger partial charge >= 0.3 is 6.03 Å². The van der Waals surface area contributed by atoms with Crippen LogP contribution in [-0.4, -0.2) is 33.7 Å². The maximum Gasteiger partial charge on any atom is 0.322 e. The number of amides is 2. The van der Waals surface area contributed by atoms with Gasteiger partial charge < -0.3 is 10.2 Å². The molecule has 7 nitrogen and oxygen atoms in total. The SMILES string of the molecule is [C-]#[N+]c1cccc(NC(=O)N(C)C(C)c2nc3ccccc3c(=O)n2C2=CCC(F)C=C2)c1. The maximum atomic E-state index is 13.7. The number of nitrogens with one attached hydrogen (secondary N) is 1. The number of hydrogen-bond donors (Lipinski definition) is 1. The molecule has 2 atom stereocenters. The van der Waals surface area contributed by atoms with E-state index < -0.39 is 18.2 Å². The first-order valence-corrected chi connectivity index (χ1v) is 10.4. The summed E-state index contributed by atoms with van der Waals surface area (Å²) in [6, 6.07) is 12.6. The van der Waals surface area contributed by atoms with Crippen LogP contribution in [-0.2, 0) is 0 Å². The van der Waals surface area contributed by atoms with Crippen LogP contribution >= 0.6 is 0 Å². The number of fused-ring (bicyclic) bond motifs is 1. The van der Waals surface area contributed by atoms with E-state index in [9.17, 15) is 14.0 Å². The van der Waals surface area contributed by atoms with Crippen LogP contribution in [0.4, 0.5) is 20.6 Å². The summed E-state index contributed by atoms with van der Waals surface area (Å²) in [6.45, 7) is 8.91. The molecule has 1 aromatic heterocycles. The van der Waals surface area contributed by atoms with Crippen LogP contribution in [0.25, 0.3) is 21.4 Å². The third kappa shape index (κ3) is 4.39. The number of allylic oxidation sites excluding steroid dienone is 4. The van der Waals surface area contributed by atoms with Crippen LogP contribution in [0.5, 0.6) is 0 Å². The number of nitrogens with zero attached hydrogens (tertiary/aromatic N) is 4. The fourth-order valence-corrected chi connectivity index (χ4v) is 3.64. The molecule has 1 heterocycles. The van der Waals surface area contributed by atoms with E-state index in [1.165, 1.54) is 15.5 Å². The van der Waals surface area contributed by atoms with Crippen LogP contribution < -0.4 is 10.9 Å². The molecule has 166 valence electrons. The van der Waals surface area contributed by atoms with Crippen molar-refractivity contribution in [1.29, 1.82) is 0 Å². The zero-order valence-corrected chi connectivity index (χ0v) is 18.2. The first-order valence-electron chi connectivity index (χ1n) is 10.4. The van der Waals surface area contributed by atoms with Crippen molar-refractivity contribution in [2.24, 2.45) is 0 Å². The molecule has 3 aromatic rings. The van der Waals surface area contributed by atoms with Crippen LogP contribution in [0.1, 0.15) is 25.2 Å². The number of benzene rings is 2. The number of carbonyl (C=O) groups excluding carboxylic acids is 1. The molecule has 4 rings (SSSR count). The van der Waals surface area contributed by atoms with Crippen LogP contribution in [0, 0.1) is 6.57 Å². The van der Waals surface area contributed by atoms with Gasteiger partial charge in [-0.15, -0.1) is 0 Å². The Morgan fingerprint density at radius 1 is 1.30 bits per heavy atom. The van der Waals surface area contributed by atoms with Crippen molar-refractivity contribution in [1.82, 2.24) is 14.5 Å². The van der Waals surface area contributed by atoms with Gasteiger partial charge in [0.1, 0.15) is 12.0 Å². The van der Waals surface area contributed by atoms with E-state index in [2.05, 4.69) is 10.2 Å². The Kier molecular flexibility index (Phi) is 6.05. The number of halogens is 1. The first-order chi connectivity index (χ1) is 15.9. The average molecular weight is 443 g/mol. The molecule has 0 bridgehead atoms. The Balaban J connectivity index is 1.73. The molecule has 0 spiro atoms. The third-order valence-corrected chi connectivity index (χ3v) is 5.59. The van der Waals surface area contributed by atoms with Crippen molar-refractivity contribution < 1.29 is 9.18 Å². The summed E-state index contributed by atoms with van der Waals surface area (Å²) in [5.74, 6) is 0.361. The van der Waals surface area contributed by atoms with E-state index in [0.717, 1.165) is 0 Å². The summed E-state index contributed by atoms with van der Waals surface area (Å²) < 4.78 is 15.1. The topological polar surface area (TPSA) is 71.6 Å². The van der Waals surface area contributed by atoms with Gasteiger partial charge in [0.05, 0.1) is 23.5 Å². The van der Waals surface area contributed by atoms with Crippen molar-refractivity contribution in [2.45, 2.75) is 25.6 Å². The summed E-state index contributed by atoms with van der Waals surface area (Å²) in [7, 11) is 1.60. The van der Waals surface area contributed by atoms with Gasteiger partial charge in [0, 0.05) is 24.9 Å². The Hall–Kier alpha value is -4.25. The molecule has 2 aromatic carbocycles. The lowest BCUT2D eigenvalue weighted by molar-refractivity contribution is 0.205. The maximum absolute atomic E-state index is 13.7. The van der Waals surface area contributed by atoms with E-state index in [0.29, 0.717) is 33.8 Å². The Morgan fingerprint density at radius 3 is 2.82 bits per heavy atom. The molecular formula is C25H22FN5O2. The molecule has 1 N–H and O–H groups in total. The molecule has 0 fully saturated rings. The monoisotopic (exact) mass is 443 g/mol. The van der Waals surface area contributed by atoms with Gasteiger partial charge in [0.25, 0.3) is 5.56 Å². The van der Waals surface area contributed by atoms with Crippen molar-refractivity contribution in [3.8, 4) is 0 Å². The molecular weight excluding hydrogens is 421 g/mol. The van der Waals surface area contributed by atoms with Crippen LogP contribution in [0.15, 0.2) is 71.6 Å². The Morgan fingerprint density at radius 2 is 2.09 bits per heavy atom. The number of urea groups is 1. The lowest BCUT2D eigenvalue weighted by Gasteiger charge is -2.28. The summed E-state index contributed by atoms with van der Waals surface area (Å²) in [6.07, 6.45) is 3.70. The number of anilines is 1. The standard InChI is InChI=1S/C25H22FN5O2/c1-16(30(3)25(33)28-19-8-6-7-18(15-19)27-2)23-29-22-10-5-4-9-21(22)24(32)31(23)20-13-11-17(26)12-14-20/h4-11,13-17H,12H2,1,3H3,(H,28,33). The molecule has 2 unspecified atom stereocenters.